The average molecular weight is 404 g/mol. The highest BCUT2D eigenvalue weighted by atomic mass is 32.2. The summed E-state index contributed by atoms with van der Waals surface area (Å²) in [6, 6.07) is 14.6. The molecule has 7 heteroatoms. The molecule has 0 bridgehead atoms. The van der Waals surface area contributed by atoms with Crippen molar-refractivity contribution in [2.24, 2.45) is 0 Å². The fourth-order valence-electron chi connectivity index (χ4n) is 4.10. The van der Waals surface area contributed by atoms with Crippen LogP contribution in [-0.2, 0) is 16.4 Å². The van der Waals surface area contributed by atoms with Crippen molar-refractivity contribution in [2.75, 3.05) is 54.2 Å². The zero-order valence-corrected chi connectivity index (χ0v) is 16.7. The summed E-state index contributed by atoms with van der Waals surface area (Å²) in [5.74, 6) is -0.0255. The molecular formula is C21H26FN3O2S. The van der Waals surface area contributed by atoms with E-state index in [1.54, 1.807) is 10.4 Å². The Hall–Kier alpha value is -2.12. The Morgan fingerprint density at radius 3 is 2.29 bits per heavy atom. The van der Waals surface area contributed by atoms with E-state index in [1.807, 2.05) is 36.4 Å². The summed E-state index contributed by atoms with van der Waals surface area (Å²) in [6.45, 7) is 4.45. The predicted octanol–water partition coefficient (Wildman–Crippen LogP) is 2.73. The van der Waals surface area contributed by atoms with E-state index in [2.05, 4.69) is 9.80 Å². The van der Waals surface area contributed by atoms with E-state index in [-0.39, 0.29) is 11.6 Å². The van der Waals surface area contributed by atoms with E-state index < -0.39 is 10.0 Å². The maximum atomic E-state index is 13.9. The summed E-state index contributed by atoms with van der Waals surface area (Å²) >= 11 is 0. The van der Waals surface area contributed by atoms with Crippen LogP contribution in [0.5, 0.6) is 0 Å². The van der Waals surface area contributed by atoms with Gasteiger partial charge in [-0.25, -0.2) is 12.8 Å². The second-order valence-electron chi connectivity index (χ2n) is 7.40. The smallest absolute Gasteiger partial charge is 0.235 e. The maximum absolute atomic E-state index is 13.9. The molecule has 0 aromatic heterocycles. The standard InChI is InChI=1S/C21H26FN3O2S/c22-19-7-2-4-9-21(19)24-15-13-23(14-16-24)11-5-17-28(26,27)25-12-10-18-6-1-3-8-20(18)25/h1-4,6-9H,5,10-17H2. The number of halogens is 1. The summed E-state index contributed by atoms with van der Waals surface area (Å²) in [6.07, 6.45) is 1.40. The number of fused-ring (bicyclic) bond motifs is 1. The van der Waals surface area contributed by atoms with Crippen LogP contribution in [0.15, 0.2) is 48.5 Å². The number of hydrogen-bond donors (Lipinski definition) is 0. The number of rotatable bonds is 6. The zero-order valence-electron chi connectivity index (χ0n) is 15.9. The van der Waals surface area contributed by atoms with Crippen LogP contribution >= 0.6 is 0 Å². The first-order chi connectivity index (χ1) is 13.5. The van der Waals surface area contributed by atoms with Gasteiger partial charge in [0, 0.05) is 32.7 Å². The fraction of sp³-hybridized carbons (Fsp3) is 0.429. The van der Waals surface area contributed by atoms with Gasteiger partial charge < -0.3 is 4.90 Å². The van der Waals surface area contributed by atoms with Gasteiger partial charge in [-0.3, -0.25) is 9.21 Å². The molecule has 2 heterocycles. The van der Waals surface area contributed by atoms with Gasteiger partial charge in [0.1, 0.15) is 5.82 Å². The van der Waals surface area contributed by atoms with E-state index in [4.69, 9.17) is 0 Å². The molecule has 0 N–H and O–H groups in total. The van der Waals surface area contributed by atoms with E-state index in [9.17, 15) is 12.8 Å². The Morgan fingerprint density at radius 2 is 1.54 bits per heavy atom. The molecule has 0 amide bonds. The molecule has 2 aromatic rings. The molecule has 0 radical (unpaired) electrons. The molecule has 28 heavy (non-hydrogen) atoms. The second kappa shape index (κ2) is 8.09. The molecule has 2 aliphatic rings. The highest BCUT2D eigenvalue weighted by Crippen LogP contribution is 2.30. The summed E-state index contributed by atoms with van der Waals surface area (Å²) in [7, 11) is -3.29. The highest BCUT2D eigenvalue weighted by molar-refractivity contribution is 7.92. The van der Waals surface area contributed by atoms with Crippen LogP contribution in [0.3, 0.4) is 0 Å². The number of para-hydroxylation sites is 2. The number of anilines is 2. The molecule has 2 aromatic carbocycles. The van der Waals surface area contributed by atoms with Gasteiger partial charge in [0.2, 0.25) is 10.0 Å². The van der Waals surface area contributed by atoms with Crippen molar-refractivity contribution >= 4 is 21.4 Å². The summed E-state index contributed by atoms with van der Waals surface area (Å²) < 4.78 is 41.0. The minimum absolute atomic E-state index is 0.162. The van der Waals surface area contributed by atoms with Gasteiger partial charge in [-0.05, 0) is 43.1 Å². The van der Waals surface area contributed by atoms with Crippen molar-refractivity contribution in [3.8, 4) is 0 Å². The first-order valence-electron chi connectivity index (χ1n) is 9.85. The van der Waals surface area contributed by atoms with Gasteiger partial charge in [0.25, 0.3) is 0 Å². The number of nitrogens with zero attached hydrogens (tertiary/aromatic N) is 3. The van der Waals surface area contributed by atoms with Crippen molar-refractivity contribution in [3.05, 3.63) is 59.9 Å². The van der Waals surface area contributed by atoms with E-state index in [0.29, 0.717) is 18.7 Å². The third-order valence-corrected chi connectivity index (χ3v) is 7.48. The molecule has 2 aliphatic heterocycles. The average Bonchev–Trinajstić information content (AvgIpc) is 3.14. The Balaban J connectivity index is 1.27. The molecule has 4 rings (SSSR count). The van der Waals surface area contributed by atoms with Gasteiger partial charge in [-0.1, -0.05) is 30.3 Å². The number of hydrogen-bond acceptors (Lipinski definition) is 4. The minimum Gasteiger partial charge on any atom is -0.367 e. The fourth-order valence-corrected chi connectivity index (χ4v) is 5.66. The Morgan fingerprint density at radius 1 is 0.857 bits per heavy atom. The van der Waals surface area contributed by atoms with Crippen LogP contribution in [0.1, 0.15) is 12.0 Å². The molecule has 1 fully saturated rings. The number of sulfonamides is 1. The second-order valence-corrected chi connectivity index (χ2v) is 9.41. The summed E-state index contributed by atoms with van der Waals surface area (Å²) in [5, 5.41) is 0. The molecule has 150 valence electrons. The third-order valence-electron chi connectivity index (χ3n) is 5.62. The predicted molar refractivity (Wildman–Crippen MR) is 111 cm³/mol. The number of benzene rings is 2. The Bertz CT molecular complexity index is 927. The monoisotopic (exact) mass is 403 g/mol. The van der Waals surface area contributed by atoms with E-state index in [1.165, 1.54) is 6.07 Å². The first kappa shape index (κ1) is 19.2. The first-order valence-corrected chi connectivity index (χ1v) is 11.5. The van der Waals surface area contributed by atoms with Gasteiger partial charge in [-0.2, -0.15) is 0 Å². The van der Waals surface area contributed by atoms with Crippen LogP contribution in [-0.4, -0.2) is 58.3 Å². The molecule has 0 unspecified atom stereocenters. The van der Waals surface area contributed by atoms with Crippen LogP contribution in [0.2, 0.25) is 0 Å². The molecule has 0 aliphatic carbocycles. The third kappa shape index (κ3) is 4.00. The molecule has 0 spiro atoms. The minimum atomic E-state index is -3.29. The Labute approximate surface area is 166 Å². The lowest BCUT2D eigenvalue weighted by molar-refractivity contribution is 0.258. The molecular weight excluding hydrogens is 377 g/mol. The van der Waals surface area contributed by atoms with E-state index in [0.717, 1.165) is 50.4 Å². The number of piperazine rings is 1. The van der Waals surface area contributed by atoms with Crippen LogP contribution in [0, 0.1) is 5.82 Å². The normalized spacial score (nSPS) is 17.8. The van der Waals surface area contributed by atoms with Gasteiger partial charge >= 0.3 is 0 Å². The van der Waals surface area contributed by atoms with Crippen LogP contribution in [0.25, 0.3) is 0 Å². The van der Waals surface area contributed by atoms with Crippen molar-refractivity contribution in [1.82, 2.24) is 4.90 Å². The maximum Gasteiger partial charge on any atom is 0.235 e. The summed E-state index contributed by atoms with van der Waals surface area (Å²) in [5.41, 5.74) is 2.59. The molecule has 5 nitrogen and oxygen atoms in total. The van der Waals surface area contributed by atoms with Gasteiger partial charge in [-0.15, -0.1) is 0 Å². The SMILES string of the molecule is O=S(=O)(CCCN1CCN(c2ccccc2F)CC1)N1CCc2ccccc21. The van der Waals surface area contributed by atoms with Crippen molar-refractivity contribution < 1.29 is 12.8 Å². The molecule has 0 saturated carbocycles. The van der Waals surface area contributed by atoms with E-state index >= 15 is 0 Å². The Kier molecular flexibility index (Phi) is 5.55. The molecule has 1 saturated heterocycles. The van der Waals surface area contributed by atoms with Crippen molar-refractivity contribution in [3.63, 3.8) is 0 Å². The molecule has 0 atom stereocenters. The summed E-state index contributed by atoms with van der Waals surface area (Å²) in [4.78, 5) is 4.33. The lowest BCUT2D eigenvalue weighted by Gasteiger charge is -2.36. The van der Waals surface area contributed by atoms with Crippen molar-refractivity contribution in [2.45, 2.75) is 12.8 Å². The lowest BCUT2D eigenvalue weighted by Crippen LogP contribution is -2.47. The zero-order chi connectivity index (χ0) is 19.6. The van der Waals surface area contributed by atoms with Crippen LogP contribution < -0.4 is 9.21 Å². The van der Waals surface area contributed by atoms with Crippen molar-refractivity contribution in [1.29, 1.82) is 0 Å². The quantitative estimate of drug-likeness (QED) is 0.744. The topological polar surface area (TPSA) is 43.9 Å². The van der Waals surface area contributed by atoms with Gasteiger partial charge in [0.15, 0.2) is 0 Å². The van der Waals surface area contributed by atoms with Gasteiger partial charge in [0.05, 0.1) is 17.1 Å². The highest BCUT2D eigenvalue weighted by Gasteiger charge is 2.29. The lowest BCUT2D eigenvalue weighted by atomic mass is 10.2. The largest absolute Gasteiger partial charge is 0.367 e. The van der Waals surface area contributed by atoms with Crippen LogP contribution in [0.4, 0.5) is 15.8 Å².